The lowest BCUT2D eigenvalue weighted by atomic mass is 10.1. The first-order valence-electron chi connectivity index (χ1n) is 8.38. The molecular formula is C20H20Cl2N2O2S. The van der Waals surface area contributed by atoms with Crippen LogP contribution in [0.25, 0.3) is 10.8 Å². The van der Waals surface area contributed by atoms with Crippen LogP contribution in [0.3, 0.4) is 0 Å². The highest BCUT2D eigenvalue weighted by Gasteiger charge is 2.09. The van der Waals surface area contributed by atoms with Crippen molar-refractivity contribution in [3.8, 4) is 5.75 Å². The van der Waals surface area contributed by atoms with Crippen molar-refractivity contribution in [1.29, 1.82) is 0 Å². The summed E-state index contributed by atoms with van der Waals surface area (Å²) in [4.78, 5) is 2.69. The minimum absolute atomic E-state index is 0.519. The molecule has 4 nitrogen and oxygen atoms in total. The summed E-state index contributed by atoms with van der Waals surface area (Å²) in [6.07, 6.45) is 0. The third-order valence-corrected chi connectivity index (χ3v) is 5.70. The molecule has 3 rings (SSSR count). The van der Waals surface area contributed by atoms with Crippen molar-refractivity contribution in [2.24, 2.45) is 0 Å². The van der Waals surface area contributed by atoms with Gasteiger partial charge in [-0.3, -0.25) is 0 Å². The zero-order chi connectivity index (χ0) is 19.4. The van der Waals surface area contributed by atoms with E-state index in [0.29, 0.717) is 33.0 Å². The van der Waals surface area contributed by atoms with Crippen LogP contribution in [0.2, 0.25) is 10.0 Å². The SMILES string of the molecule is CN(C)CCOc1cc(NS(=O)c2ccc3c(Cl)cccc3c2)ccc1Cl. The highest BCUT2D eigenvalue weighted by Crippen LogP contribution is 2.29. The molecule has 0 aliphatic rings. The fourth-order valence-corrected chi connectivity index (χ4v) is 3.82. The van der Waals surface area contributed by atoms with E-state index in [2.05, 4.69) is 4.72 Å². The molecule has 0 radical (unpaired) electrons. The van der Waals surface area contributed by atoms with Gasteiger partial charge in [-0.2, -0.15) is 0 Å². The molecule has 142 valence electrons. The Bertz CT molecular complexity index is 979. The molecule has 3 aromatic carbocycles. The van der Waals surface area contributed by atoms with Crippen LogP contribution >= 0.6 is 23.2 Å². The summed E-state index contributed by atoms with van der Waals surface area (Å²) in [5, 5.41) is 3.07. The number of halogens is 2. The summed E-state index contributed by atoms with van der Waals surface area (Å²) in [5.41, 5.74) is 0.670. The Morgan fingerprint density at radius 1 is 1.04 bits per heavy atom. The summed E-state index contributed by atoms with van der Waals surface area (Å²) in [6.45, 7) is 1.30. The van der Waals surface area contributed by atoms with Crippen LogP contribution in [0.5, 0.6) is 5.75 Å². The van der Waals surface area contributed by atoms with Gasteiger partial charge in [-0.25, -0.2) is 4.21 Å². The summed E-state index contributed by atoms with van der Waals surface area (Å²) in [7, 11) is 2.53. The second kappa shape index (κ2) is 8.93. The van der Waals surface area contributed by atoms with Gasteiger partial charge in [-0.15, -0.1) is 0 Å². The van der Waals surface area contributed by atoms with E-state index in [1.165, 1.54) is 0 Å². The van der Waals surface area contributed by atoms with E-state index in [1.54, 1.807) is 18.2 Å². The normalized spacial score (nSPS) is 12.3. The summed E-state index contributed by atoms with van der Waals surface area (Å²) >= 11 is 12.4. The summed E-state index contributed by atoms with van der Waals surface area (Å²) < 4.78 is 21.4. The topological polar surface area (TPSA) is 41.6 Å². The van der Waals surface area contributed by atoms with Gasteiger partial charge in [0.25, 0.3) is 0 Å². The number of rotatable bonds is 7. The maximum absolute atomic E-state index is 12.7. The maximum Gasteiger partial charge on any atom is 0.150 e. The lowest BCUT2D eigenvalue weighted by Crippen LogP contribution is -2.19. The van der Waals surface area contributed by atoms with Gasteiger partial charge in [-0.1, -0.05) is 41.4 Å². The molecular weight excluding hydrogens is 403 g/mol. The number of ether oxygens (including phenoxy) is 1. The molecule has 1 atom stereocenters. The van der Waals surface area contributed by atoms with Crippen LogP contribution in [-0.4, -0.2) is 36.4 Å². The zero-order valence-corrected chi connectivity index (χ0v) is 17.4. The van der Waals surface area contributed by atoms with E-state index in [4.69, 9.17) is 27.9 Å². The lowest BCUT2D eigenvalue weighted by molar-refractivity contribution is 0.261. The lowest BCUT2D eigenvalue weighted by Gasteiger charge is -2.13. The van der Waals surface area contributed by atoms with E-state index in [1.807, 2.05) is 55.4 Å². The van der Waals surface area contributed by atoms with Crippen LogP contribution in [0, 0.1) is 0 Å². The van der Waals surface area contributed by atoms with E-state index in [9.17, 15) is 4.21 Å². The number of hydrogen-bond donors (Lipinski definition) is 1. The fourth-order valence-electron chi connectivity index (χ4n) is 2.52. The Morgan fingerprint density at radius 3 is 2.63 bits per heavy atom. The van der Waals surface area contributed by atoms with Crippen molar-refractivity contribution in [3.63, 3.8) is 0 Å². The van der Waals surface area contributed by atoms with E-state index < -0.39 is 11.0 Å². The third kappa shape index (κ3) is 5.14. The molecule has 0 heterocycles. The largest absolute Gasteiger partial charge is 0.491 e. The first kappa shape index (κ1) is 20.0. The smallest absolute Gasteiger partial charge is 0.150 e. The minimum Gasteiger partial charge on any atom is -0.491 e. The Hall–Kier alpha value is -1.79. The number of anilines is 1. The van der Waals surface area contributed by atoms with Crippen LogP contribution < -0.4 is 9.46 Å². The first-order valence-corrected chi connectivity index (χ1v) is 10.3. The second-order valence-electron chi connectivity index (χ2n) is 6.29. The van der Waals surface area contributed by atoms with E-state index in [-0.39, 0.29) is 0 Å². The Kier molecular flexibility index (Phi) is 6.60. The molecule has 0 spiro atoms. The highest BCUT2D eigenvalue weighted by atomic mass is 35.5. The van der Waals surface area contributed by atoms with Crippen molar-refractivity contribution in [1.82, 2.24) is 4.90 Å². The van der Waals surface area contributed by atoms with Gasteiger partial charge in [0.1, 0.15) is 23.3 Å². The van der Waals surface area contributed by atoms with Crippen molar-refractivity contribution >= 4 is 50.6 Å². The molecule has 0 aromatic heterocycles. The fraction of sp³-hybridized carbons (Fsp3) is 0.200. The molecule has 0 amide bonds. The predicted octanol–water partition coefficient (Wildman–Crippen LogP) is 5.22. The molecule has 7 heteroatoms. The number of benzene rings is 3. The highest BCUT2D eigenvalue weighted by molar-refractivity contribution is 7.86. The molecule has 3 aromatic rings. The van der Waals surface area contributed by atoms with Gasteiger partial charge in [-0.05, 0) is 49.8 Å². The quantitative estimate of drug-likeness (QED) is 0.567. The average Bonchev–Trinajstić information content (AvgIpc) is 2.64. The first-order chi connectivity index (χ1) is 12.9. The van der Waals surface area contributed by atoms with E-state index in [0.717, 1.165) is 17.3 Å². The van der Waals surface area contributed by atoms with Crippen molar-refractivity contribution < 1.29 is 8.95 Å². The number of nitrogens with zero attached hydrogens (tertiary/aromatic N) is 1. The van der Waals surface area contributed by atoms with Gasteiger partial charge < -0.3 is 14.4 Å². The van der Waals surface area contributed by atoms with Gasteiger partial charge >= 0.3 is 0 Å². The Morgan fingerprint density at radius 2 is 1.85 bits per heavy atom. The number of hydrogen-bond acceptors (Lipinski definition) is 3. The number of fused-ring (bicyclic) bond motifs is 1. The standard InChI is InChI=1S/C20H20Cl2N2O2S/c1-24(2)10-11-26-20-13-15(6-9-19(20)22)23-27(25)16-7-8-17-14(12-16)4-3-5-18(17)21/h3-9,12-13,23H,10-11H2,1-2H3. The van der Waals surface area contributed by atoms with Crippen LogP contribution in [0.15, 0.2) is 59.5 Å². The molecule has 0 saturated heterocycles. The summed E-state index contributed by atoms with van der Waals surface area (Å²) in [5.74, 6) is 0.561. The monoisotopic (exact) mass is 422 g/mol. The molecule has 0 saturated carbocycles. The Balaban J connectivity index is 1.75. The predicted molar refractivity (Wildman–Crippen MR) is 114 cm³/mol. The third-order valence-electron chi connectivity index (χ3n) is 3.95. The van der Waals surface area contributed by atoms with Crippen molar-refractivity contribution in [2.45, 2.75) is 4.90 Å². The van der Waals surface area contributed by atoms with E-state index >= 15 is 0 Å². The second-order valence-corrected chi connectivity index (χ2v) is 8.32. The molecule has 0 bridgehead atoms. The summed E-state index contributed by atoms with van der Waals surface area (Å²) in [6, 6.07) is 16.5. The Labute approximate surface area is 171 Å². The van der Waals surface area contributed by atoms with Gasteiger partial charge in [0.2, 0.25) is 0 Å². The van der Waals surface area contributed by atoms with Gasteiger partial charge in [0.05, 0.1) is 15.6 Å². The van der Waals surface area contributed by atoms with Crippen molar-refractivity contribution in [3.05, 3.63) is 64.6 Å². The molecule has 1 unspecified atom stereocenters. The molecule has 0 aliphatic carbocycles. The number of nitrogens with one attached hydrogen (secondary N) is 1. The van der Waals surface area contributed by atoms with Crippen LogP contribution in [-0.2, 0) is 11.0 Å². The molecule has 1 N–H and O–H groups in total. The maximum atomic E-state index is 12.7. The molecule has 27 heavy (non-hydrogen) atoms. The minimum atomic E-state index is -1.42. The van der Waals surface area contributed by atoms with Crippen LogP contribution in [0.4, 0.5) is 5.69 Å². The van der Waals surface area contributed by atoms with Gasteiger partial charge in [0.15, 0.2) is 0 Å². The average molecular weight is 423 g/mol. The number of likely N-dealkylation sites (N-methyl/N-ethyl adjacent to an activating group) is 1. The van der Waals surface area contributed by atoms with Gasteiger partial charge in [0, 0.05) is 23.0 Å². The van der Waals surface area contributed by atoms with Crippen molar-refractivity contribution in [2.75, 3.05) is 32.0 Å². The molecule has 0 fully saturated rings. The molecule has 0 aliphatic heterocycles. The zero-order valence-electron chi connectivity index (χ0n) is 15.0. The van der Waals surface area contributed by atoms with Crippen LogP contribution in [0.1, 0.15) is 0 Å².